The molecule has 0 aliphatic carbocycles. The molecule has 0 saturated carbocycles. The van der Waals surface area contributed by atoms with Gasteiger partial charge in [-0.05, 0) is 48.6 Å². The molecule has 1 saturated heterocycles. The third kappa shape index (κ3) is 4.96. The first-order valence-corrected chi connectivity index (χ1v) is 10.2. The highest BCUT2D eigenvalue weighted by Crippen LogP contribution is 2.21. The molecule has 1 unspecified atom stereocenters. The zero-order valence-corrected chi connectivity index (χ0v) is 17.1. The monoisotopic (exact) mass is 383 g/mol. The van der Waals surface area contributed by atoms with E-state index >= 15 is 0 Å². The normalized spacial score (nSPS) is 18.3. The number of carbonyl (C=O) groups is 1. The van der Waals surface area contributed by atoms with Crippen LogP contribution in [0.15, 0.2) is 42.6 Å². The molecule has 5 heteroatoms. The molecular weight excluding hydrogens is 353 g/mol. The summed E-state index contributed by atoms with van der Waals surface area (Å²) in [4.78, 5) is 21.9. The second-order valence-corrected chi connectivity index (χ2v) is 7.90. The number of aryl methyl sites for hydroxylation is 1. The molecular formula is C23H30FN3O. The van der Waals surface area contributed by atoms with E-state index in [1.807, 2.05) is 36.1 Å². The van der Waals surface area contributed by atoms with Crippen molar-refractivity contribution in [2.75, 3.05) is 19.6 Å². The van der Waals surface area contributed by atoms with Crippen LogP contribution < -0.4 is 0 Å². The Morgan fingerprint density at radius 1 is 1.21 bits per heavy atom. The van der Waals surface area contributed by atoms with Crippen LogP contribution in [0.2, 0.25) is 0 Å². The van der Waals surface area contributed by atoms with Crippen LogP contribution in [0.4, 0.5) is 4.39 Å². The zero-order valence-electron chi connectivity index (χ0n) is 17.1. The van der Waals surface area contributed by atoms with Gasteiger partial charge in [0.25, 0.3) is 5.91 Å². The number of aromatic nitrogens is 1. The van der Waals surface area contributed by atoms with E-state index in [2.05, 4.69) is 23.7 Å². The lowest BCUT2D eigenvalue weighted by Gasteiger charge is -2.34. The lowest BCUT2D eigenvalue weighted by Crippen LogP contribution is -2.45. The van der Waals surface area contributed by atoms with Crippen molar-refractivity contribution in [2.45, 2.75) is 46.2 Å². The molecule has 0 N–H and O–H groups in total. The number of amides is 1. The van der Waals surface area contributed by atoms with Crippen molar-refractivity contribution in [3.05, 3.63) is 65.2 Å². The fourth-order valence-electron chi connectivity index (χ4n) is 3.89. The van der Waals surface area contributed by atoms with E-state index in [1.54, 1.807) is 6.20 Å². The lowest BCUT2D eigenvalue weighted by atomic mass is 10.0. The molecule has 1 aromatic heterocycles. The third-order valence-corrected chi connectivity index (χ3v) is 5.53. The minimum absolute atomic E-state index is 0.0892. The molecule has 4 nitrogen and oxygen atoms in total. The first-order valence-electron chi connectivity index (χ1n) is 10.2. The smallest absolute Gasteiger partial charge is 0.254 e. The number of hydrogen-bond acceptors (Lipinski definition) is 3. The summed E-state index contributed by atoms with van der Waals surface area (Å²) in [7, 11) is 0. The average Bonchev–Trinajstić information content (AvgIpc) is 2.92. The maximum absolute atomic E-state index is 13.2. The van der Waals surface area contributed by atoms with Crippen LogP contribution in [-0.2, 0) is 13.0 Å². The minimum atomic E-state index is -0.208. The molecule has 28 heavy (non-hydrogen) atoms. The van der Waals surface area contributed by atoms with Crippen molar-refractivity contribution >= 4 is 5.91 Å². The Morgan fingerprint density at radius 2 is 1.96 bits per heavy atom. The molecule has 1 amide bonds. The number of halogens is 1. The quantitative estimate of drug-likeness (QED) is 0.778. The Hall–Kier alpha value is -2.27. The Kier molecular flexibility index (Phi) is 6.79. The van der Waals surface area contributed by atoms with Crippen molar-refractivity contribution in [1.82, 2.24) is 14.8 Å². The van der Waals surface area contributed by atoms with Crippen molar-refractivity contribution in [3.63, 3.8) is 0 Å². The number of carbonyl (C=O) groups excluding carboxylic acids is 1. The number of nitrogens with zero attached hydrogens (tertiary/aromatic N) is 3. The molecule has 1 aliphatic rings. The van der Waals surface area contributed by atoms with Gasteiger partial charge in [0, 0.05) is 49.7 Å². The molecule has 0 spiro atoms. The average molecular weight is 384 g/mol. The molecule has 1 aliphatic heterocycles. The van der Waals surface area contributed by atoms with E-state index in [4.69, 9.17) is 0 Å². The van der Waals surface area contributed by atoms with Gasteiger partial charge < -0.3 is 4.90 Å². The van der Waals surface area contributed by atoms with Gasteiger partial charge in [0.2, 0.25) is 0 Å². The predicted octanol–water partition coefficient (Wildman–Crippen LogP) is 4.16. The van der Waals surface area contributed by atoms with Gasteiger partial charge in [-0.3, -0.25) is 14.7 Å². The topological polar surface area (TPSA) is 36.4 Å². The molecule has 2 heterocycles. The number of hydrogen-bond donors (Lipinski definition) is 0. The van der Waals surface area contributed by atoms with Crippen LogP contribution >= 0.6 is 0 Å². The van der Waals surface area contributed by atoms with Gasteiger partial charge in [-0.15, -0.1) is 0 Å². The van der Waals surface area contributed by atoms with E-state index in [-0.39, 0.29) is 17.8 Å². The largest absolute Gasteiger partial charge is 0.337 e. The lowest BCUT2D eigenvalue weighted by molar-refractivity contribution is 0.0702. The molecule has 150 valence electrons. The summed E-state index contributed by atoms with van der Waals surface area (Å²) in [6.45, 7) is 9.63. The van der Waals surface area contributed by atoms with Crippen LogP contribution in [0.5, 0.6) is 0 Å². The third-order valence-electron chi connectivity index (χ3n) is 5.53. The van der Waals surface area contributed by atoms with E-state index in [1.165, 1.54) is 12.1 Å². The van der Waals surface area contributed by atoms with Gasteiger partial charge in [-0.2, -0.15) is 0 Å². The number of rotatable bonds is 5. The Bertz CT molecular complexity index is 791. The van der Waals surface area contributed by atoms with Gasteiger partial charge >= 0.3 is 0 Å². The van der Waals surface area contributed by atoms with Crippen molar-refractivity contribution in [2.24, 2.45) is 5.92 Å². The Balaban J connectivity index is 1.76. The second kappa shape index (κ2) is 9.28. The van der Waals surface area contributed by atoms with Gasteiger partial charge in [-0.1, -0.05) is 32.9 Å². The molecule has 1 atom stereocenters. The molecule has 0 bridgehead atoms. The standard InChI is InChI=1S/C23H30FN3O/c1-4-21-14-19(10-11-25-21)23(28)27-13-5-12-26(22(16-27)17(2)3)15-18-6-8-20(24)9-7-18/h6-11,14,17,22H,4-5,12-13,15-16H2,1-3H3. The first kappa shape index (κ1) is 20.5. The van der Waals surface area contributed by atoms with E-state index in [9.17, 15) is 9.18 Å². The second-order valence-electron chi connectivity index (χ2n) is 7.90. The highest BCUT2D eigenvalue weighted by molar-refractivity contribution is 5.94. The molecule has 1 fully saturated rings. The predicted molar refractivity (Wildman–Crippen MR) is 110 cm³/mol. The maximum Gasteiger partial charge on any atom is 0.254 e. The Morgan fingerprint density at radius 3 is 2.64 bits per heavy atom. The van der Waals surface area contributed by atoms with E-state index < -0.39 is 0 Å². The number of pyridine rings is 1. The van der Waals surface area contributed by atoms with Crippen LogP contribution in [-0.4, -0.2) is 46.4 Å². The van der Waals surface area contributed by atoms with Crippen LogP contribution in [0.25, 0.3) is 0 Å². The fourth-order valence-corrected chi connectivity index (χ4v) is 3.89. The van der Waals surface area contributed by atoms with E-state index in [0.29, 0.717) is 12.5 Å². The SMILES string of the molecule is CCc1cc(C(=O)N2CCCN(Cc3ccc(F)cc3)C(C(C)C)C2)ccn1. The fraction of sp³-hybridized carbons (Fsp3) is 0.478. The van der Waals surface area contributed by atoms with Crippen LogP contribution in [0.3, 0.4) is 0 Å². The van der Waals surface area contributed by atoms with Crippen molar-refractivity contribution in [3.8, 4) is 0 Å². The van der Waals surface area contributed by atoms with Crippen LogP contribution in [0, 0.1) is 11.7 Å². The Labute approximate surface area is 167 Å². The highest BCUT2D eigenvalue weighted by atomic mass is 19.1. The van der Waals surface area contributed by atoms with Gasteiger partial charge in [0.15, 0.2) is 0 Å². The minimum Gasteiger partial charge on any atom is -0.337 e. The molecule has 0 radical (unpaired) electrons. The van der Waals surface area contributed by atoms with Gasteiger partial charge in [0.05, 0.1) is 0 Å². The highest BCUT2D eigenvalue weighted by Gasteiger charge is 2.30. The summed E-state index contributed by atoms with van der Waals surface area (Å²) < 4.78 is 13.2. The van der Waals surface area contributed by atoms with Crippen molar-refractivity contribution < 1.29 is 9.18 Å². The molecule has 3 rings (SSSR count). The molecule has 1 aromatic carbocycles. The van der Waals surface area contributed by atoms with Crippen LogP contribution in [0.1, 0.15) is 48.8 Å². The summed E-state index contributed by atoms with van der Waals surface area (Å²) in [5.41, 5.74) is 2.77. The number of benzene rings is 1. The maximum atomic E-state index is 13.2. The zero-order chi connectivity index (χ0) is 20.1. The summed E-state index contributed by atoms with van der Waals surface area (Å²) in [5.74, 6) is 0.296. The summed E-state index contributed by atoms with van der Waals surface area (Å²) in [6.07, 6.45) is 3.48. The molecule has 2 aromatic rings. The first-order chi connectivity index (χ1) is 13.5. The van der Waals surface area contributed by atoms with Crippen molar-refractivity contribution in [1.29, 1.82) is 0 Å². The van der Waals surface area contributed by atoms with E-state index in [0.717, 1.165) is 49.3 Å². The summed E-state index contributed by atoms with van der Waals surface area (Å²) >= 11 is 0. The summed E-state index contributed by atoms with van der Waals surface area (Å²) in [5, 5.41) is 0. The van der Waals surface area contributed by atoms with Gasteiger partial charge in [-0.25, -0.2) is 4.39 Å². The van der Waals surface area contributed by atoms with Gasteiger partial charge in [0.1, 0.15) is 5.82 Å². The summed E-state index contributed by atoms with van der Waals surface area (Å²) in [6, 6.07) is 10.7.